The number of hydrogen-bond donors (Lipinski definition) is 2. The Kier molecular flexibility index (Phi) is 4.77. The van der Waals surface area contributed by atoms with E-state index in [2.05, 4.69) is 15.7 Å². The molecule has 0 bridgehead atoms. The van der Waals surface area contributed by atoms with Crippen LogP contribution in [0.3, 0.4) is 0 Å². The van der Waals surface area contributed by atoms with Gasteiger partial charge in [-0.25, -0.2) is 0 Å². The fraction of sp³-hybridized carbons (Fsp3) is 0.714. The second kappa shape index (κ2) is 6.37. The summed E-state index contributed by atoms with van der Waals surface area (Å²) in [7, 11) is 3.54. The van der Waals surface area contributed by atoms with E-state index >= 15 is 0 Å². The van der Waals surface area contributed by atoms with Gasteiger partial charge in [0.05, 0.1) is 17.7 Å². The number of methoxy groups -OCH3 is 1. The molecule has 0 saturated carbocycles. The summed E-state index contributed by atoms with van der Waals surface area (Å²) >= 11 is 0. The molecule has 0 spiro atoms. The first-order valence-electron chi connectivity index (χ1n) is 7.04. The van der Waals surface area contributed by atoms with Crippen LogP contribution >= 0.6 is 0 Å². The lowest BCUT2D eigenvalue weighted by molar-refractivity contribution is -0.136. The average Bonchev–Trinajstić information content (AvgIpc) is 2.75. The van der Waals surface area contributed by atoms with Gasteiger partial charge in [0.2, 0.25) is 5.91 Å². The summed E-state index contributed by atoms with van der Waals surface area (Å²) in [5.74, 6) is 0.0871. The van der Waals surface area contributed by atoms with Crippen LogP contribution in [0.25, 0.3) is 0 Å². The number of aromatic nitrogens is 2. The van der Waals surface area contributed by atoms with Gasteiger partial charge in [-0.1, -0.05) is 0 Å². The molecule has 0 aliphatic carbocycles. The summed E-state index contributed by atoms with van der Waals surface area (Å²) in [5.41, 5.74) is 1.62. The summed E-state index contributed by atoms with van der Waals surface area (Å²) in [6, 6.07) is 0. The Bertz CT molecular complexity index is 458. The van der Waals surface area contributed by atoms with Crippen LogP contribution in [0.15, 0.2) is 6.20 Å². The monoisotopic (exact) mass is 280 g/mol. The highest BCUT2D eigenvalue weighted by Gasteiger charge is 2.39. The van der Waals surface area contributed by atoms with E-state index in [1.807, 2.05) is 20.2 Å². The molecule has 0 radical (unpaired) electrons. The largest absolute Gasteiger partial charge is 0.384 e. The Hall–Kier alpha value is -1.40. The highest BCUT2D eigenvalue weighted by molar-refractivity contribution is 5.83. The van der Waals surface area contributed by atoms with Gasteiger partial charge in [-0.15, -0.1) is 0 Å². The molecule has 0 atom stereocenters. The van der Waals surface area contributed by atoms with Gasteiger partial charge in [-0.3, -0.25) is 9.48 Å². The van der Waals surface area contributed by atoms with Crippen molar-refractivity contribution in [3.63, 3.8) is 0 Å². The van der Waals surface area contributed by atoms with Crippen molar-refractivity contribution < 1.29 is 9.53 Å². The minimum absolute atomic E-state index is 0.0871. The first kappa shape index (κ1) is 15.0. The zero-order chi connectivity index (χ0) is 14.6. The average molecular weight is 280 g/mol. The molecule has 2 N–H and O–H groups in total. The van der Waals surface area contributed by atoms with Crippen molar-refractivity contribution in [2.24, 2.45) is 12.5 Å². The lowest BCUT2D eigenvalue weighted by Gasteiger charge is -2.35. The van der Waals surface area contributed by atoms with E-state index in [1.165, 1.54) is 0 Å². The summed E-state index contributed by atoms with van der Waals surface area (Å²) in [6.07, 6.45) is 3.58. The van der Waals surface area contributed by atoms with E-state index in [1.54, 1.807) is 11.8 Å². The number of nitrogens with one attached hydrogen (secondary N) is 2. The van der Waals surface area contributed by atoms with Gasteiger partial charge >= 0.3 is 0 Å². The first-order valence-corrected chi connectivity index (χ1v) is 7.04. The maximum atomic E-state index is 12.6. The second-order valence-electron chi connectivity index (χ2n) is 5.56. The van der Waals surface area contributed by atoms with Crippen LogP contribution in [0.4, 0.5) is 0 Å². The van der Waals surface area contributed by atoms with Gasteiger partial charge in [-0.2, -0.15) is 5.10 Å². The zero-order valence-corrected chi connectivity index (χ0v) is 12.5. The lowest BCUT2D eigenvalue weighted by Crippen LogP contribution is -2.50. The number of amides is 1. The van der Waals surface area contributed by atoms with Crippen LogP contribution in [-0.2, 0) is 23.1 Å². The highest BCUT2D eigenvalue weighted by Crippen LogP contribution is 2.29. The summed E-state index contributed by atoms with van der Waals surface area (Å²) < 4.78 is 7.05. The molecular weight excluding hydrogens is 256 g/mol. The van der Waals surface area contributed by atoms with E-state index < -0.39 is 5.41 Å². The predicted molar refractivity (Wildman–Crippen MR) is 76.2 cm³/mol. The standard InChI is InChI=1S/C14H24N4O2/c1-11-12(9-18(2)17-11)8-16-13(19)14(10-20-3)4-6-15-7-5-14/h9,15H,4-8,10H2,1-3H3,(H,16,19). The maximum Gasteiger partial charge on any atom is 0.228 e. The van der Waals surface area contributed by atoms with Gasteiger partial charge in [0.25, 0.3) is 0 Å². The number of carbonyl (C=O) groups excluding carboxylic acids is 1. The molecule has 0 unspecified atom stereocenters. The third kappa shape index (κ3) is 3.19. The molecule has 1 aromatic rings. The lowest BCUT2D eigenvalue weighted by atomic mass is 9.78. The molecule has 1 aromatic heterocycles. The molecule has 6 heteroatoms. The van der Waals surface area contributed by atoms with Crippen molar-refractivity contribution in [2.45, 2.75) is 26.3 Å². The van der Waals surface area contributed by atoms with Crippen molar-refractivity contribution in [3.05, 3.63) is 17.5 Å². The molecule has 1 aliphatic rings. The van der Waals surface area contributed by atoms with Crippen molar-refractivity contribution in [3.8, 4) is 0 Å². The molecule has 6 nitrogen and oxygen atoms in total. The van der Waals surface area contributed by atoms with Crippen LogP contribution < -0.4 is 10.6 Å². The number of piperidine rings is 1. The summed E-state index contributed by atoms with van der Waals surface area (Å²) in [4.78, 5) is 12.6. The van der Waals surface area contributed by atoms with Crippen LogP contribution in [-0.4, -0.2) is 42.5 Å². The van der Waals surface area contributed by atoms with E-state index in [4.69, 9.17) is 4.74 Å². The number of ether oxygens (including phenoxy) is 1. The Morgan fingerprint density at radius 1 is 1.55 bits per heavy atom. The smallest absolute Gasteiger partial charge is 0.228 e. The quantitative estimate of drug-likeness (QED) is 0.817. The molecular formula is C14H24N4O2. The molecule has 1 fully saturated rings. The Morgan fingerprint density at radius 3 is 2.80 bits per heavy atom. The number of hydrogen-bond acceptors (Lipinski definition) is 4. The maximum absolute atomic E-state index is 12.6. The van der Waals surface area contributed by atoms with E-state index in [-0.39, 0.29) is 5.91 Å². The number of carbonyl (C=O) groups is 1. The van der Waals surface area contributed by atoms with Crippen molar-refractivity contribution in [1.29, 1.82) is 0 Å². The fourth-order valence-electron chi connectivity index (χ4n) is 2.80. The van der Waals surface area contributed by atoms with Gasteiger partial charge in [0.15, 0.2) is 0 Å². The highest BCUT2D eigenvalue weighted by atomic mass is 16.5. The van der Waals surface area contributed by atoms with Crippen molar-refractivity contribution in [1.82, 2.24) is 20.4 Å². The third-order valence-electron chi connectivity index (χ3n) is 4.02. The van der Waals surface area contributed by atoms with Crippen LogP contribution in [0.5, 0.6) is 0 Å². The van der Waals surface area contributed by atoms with Gasteiger partial charge in [-0.05, 0) is 32.9 Å². The normalized spacial score (nSPS) is 17.9. The fourth-order valence-corrected chi connectivity index (χ4v) is 2.80. The molecule has 1 saturated heterocycles. The van der Waals surface area contributed by atoms with E-state index in [0.717, 1.165) is 37.2 Å². The van der Waals surface area contributed by atoms with Crippen molar-refractivity contribution >= 4 is 5.91 Å². The van der Waals surface area contributed by atoms with Crippen LogP contribution in [0.2, 0.25) is 0 Å². The summed E-state index contributed by atoms with van der Waals surface area (Å²) in [6.45, 7) is 4.69. The number of rotatable bonds is 5. The number of aryl methyl sites for hydroxylation is 2. The van der Waals surface area contributed by atoms with Crippen molar-refractivity contribution in [2.75, 3.05) is 26.8 Å². The Balaban J connectivity index is 2.00. The molecule has 1 amide bonds. The third-order valence-corrected chi connectivity index (χ3v) is 4.02. The van der Waals surface area contributed by atoms with E-state index in [9.17, 15) is 4.79 Å². The first-order chi connectivity index (χ1) is 9.57. The minimum Gasteiger partial charge on any atom is -0.384 e. The zero-order valence-electron chi connectivity index (χ0n) is 12.5. The van der Waals surface area contributed by atoms with Gasteiger partial charge < -0.3 is 15.4 Å². The number of nitrogens with zero attached hydrogens (tertiary/aromatic N) is 2. The second-order valence-corrected chi connectivity index (χ2v) is 5.56. The molecule has 2 heterocycles. The Morgan fingerprint density at radius 2 is 2.25 bits per heavy atom. The van der Waals surface area contributed by atoms with Crippen LogP contribution in [0.1, 0.15) is 24.1 Å². The predicted octanol–water partition coefficient (Wildman–Crippen LogP) is 0.361. The molecule has 2 rings (SSSR count). The molecule has 0 aromatic carbocycles. The van der Waals surface area contributed by atoms with E-state index in [0.29, 0.717) is 13.2 Å². The van der Waals surface area contributed by atoms with Gasteiger partial charge in [0.1, 0.15) is 0 Å². The molecule has 1 aliphatic heterocycles. The Labute approximate surface area is 119 Å². The topological polar surface area (TPSA) is 68.2 Å². The minimum atomic E-state index is -0.393. The SMILES string of the molecule is COCC1(C(=O)NCc2cn(C)nc2C)CCNCC1. The van der Waals surface area contributed by atoms with Gasteiger partial charge in [0, 0.05) is 32.5 Å². The van der Waals surface area contributed by atoms with Crippen LogP contribution in [0, 0.1) is 12.3 Å². The molecule has 20 heavy (non-hydrogen) atoms. The summed E-state index contributed by atoms with van der Waals surface area (Å²) in [5, 5.41) is 10.6. The molecule has 112 valence electrons.